The minimum absolute atomic E-state index is 0.527. The first-order valence-corrected chi connectivity index (χ1v) is 5.75. The predicted molar refractivity (Wildman–Crippen MR) is 72.6 cm³/mol. The molecule has 2 rings (SSSR count). The molecule has 2 aromatic rings. The highest BCUT2D eigenvalue weighted by atomic mass is 16.7. The zero-order valence-corrected chi connectivity index (χ0v) is 10.4. The van der Waals surface area contributed by atoms with E-state index in [1.807, 2.05) is 31.2 Å². The Kier molecular flexibility index (Phi) is 4.29. The average Bonchev–Trinajstić information content (AvgIpc) is 2.91. The van der Waals surface area contributed by atoms with Crippen molar-refractivity contribution in [1.82, 2.24) is 0 Å². The molecular formula is C15H13NO3. The van der Waals surface area contributed by atoms with Crippen LogP contribution in [0.4, 0.5) is 0 Å². The quantitative estimate of drug-likeness (QED) is 0.365. The summed E-state index contributed by atoms with van der Waals surface area (Å²) in [6.45, 7) is 2.01. The molecule has 0 spiro atoms. The van der Waals surface area contributed by atoms with Crippen molar-refractivity contribution in [2.75, 3.05) is 0 Å². The number of nitrogens with zero attached hydrogens (tertiary/aromatic N) is 1. The number of benzene rings is 1. The van der Waals surface area contributed by atoms with Gasteiger partial charge in [-0.2, -0.15) is 0 Å². The number of furan rings is 1. The molecule has 0 saturated carbocycles. The topological polar surface area (TPSA) is 51.8 Å². The lowest BCUT2D eigenvalue weighted by Gasteiger charge is -1.94. The first kappa shape index (κ1) is 12.8. The standard InChI is InChI=1S/C15H13NO3/c1-12-2-4-13(5-3-12)6-7-15(17)19-16-10-14-8-9-18-11-14/h2-11H,1H3/b7-6+,16-10+. The smallest absolute Gasteiger partial charge is 0.358 e. The lowest BCUT2D eigenvalue weighted by Crippen LogP contribution is -1.94. The maximum absolute atomic E-state index is 11.4. The van der Waals surface area contributed by atoms with Gasteiger partial charge in [0.2, 0.25) is 0 Å². The van der Waals surface area contributed by atoms with Gasteiger partial charge < -0.3 is 9.25 Å². The summed E-state index contributed by atoms with van der Waals surface area (Å²) in [4.78, 5) is 16.0. The largest absolute Gasteiger partial charge is 0.472 e. The second-order valence-corrected chi connectivity index (χ2v) is 3.95. The minimum Gasteiger partial charge on any atom is -0.472 e. The van der Waals surface area contributed by atoms with Gasteiger partial charge in [0.1, 0.15) is 0 Å². The van der Waals surface area contributed by atoms with Crippen molar-refractivity contribution in [2.24, 2.45) is 5.16 Å². The molecule has 0 unspecified atom stereocenters. The molecule has 19 heavy (non-hydrogen) atoms. The highest BCUT2D eigenvalue weighted by Crippen LogP contribution is 2.05. The third-order valence-corrected chi connectivity index (χ3v) is 2.38. The van der Waals surface area contributed by atoms with Crippen LogP contribution in [0.25, 0.3) is 6.08 Å². The van der Waals surface area contributed by atoms with Gasteiger partial charge in [-0.15, -0.1) is 0 Å². The first-order valence-electron chi connectivity index (χ1n) is 5.75. The van der Waals surface area contributed by atoms with Crippen molar-refractivity contribution in [3.63, 3.8) is 0 Å². The van der Waals surface area contributed by atoms with Crippen LogP contribution < -0.4 is 0 Å². The lowest BCUT2D eigenvalue weighted by molar-refractivity contribution is -0.137. The summed E-state index contributed by atoms with van der Waals surface area (Å²) in [6.07, 6.45) is 7.42. The van der Waals surface area contributed by atoms with Crippen molar-refractivity contribution < 1.29 is 14.0 Å². The van der Waals surface area contributed by atoms with Gasteiger partial charge in [0, 0.05) is 11.6 Å². The number of carbonyl (C=O) groups excluding carboxylic acids is 1. The minimum atomic E-state index is -0.527. The lowest BCUT2D eigenvalue weighted by atomic mass is 10.1. The summed E-state index contributed by atoms with van der Waals surface area (Å²) in [5.74, 6) is -0.527. The Hall–Kier alpha value is -2.62. The molecule has 1 aromatic carbocycles. The highest BCUT2D eigenvalue weighted by Gasteiger charge is 1.95. The van der Waals surface area contributed by atoms with Gasteiger partial charge in [-0.25, -0.2) is 4.79 Å². The Bertz CT molecular complexity index is 580. The van der Waals surface area contributed by atoms with Gasteiger partial charge in [0.05, 0.1) is 18.7 Å². The van der Waals surface area contributed by atoms with Crippen LogP contribution in [0.3, 0.4) is 0 Å². The Morgan fingerprint density at radius 1 is 1.21 bits per heavy atom. The van der Waals surface area contributed by atoms with Crippen molar-refractivity contribution in [3.05, 3.63) is 65.6 Å². The molecule has 96 valence electrons. The molecule has 0 aliphatic carbocycles. The van der Waals surface area contributed by atoms with E-state index in [0.717, 1.165) is 11.1 Å². The van der Waals surface area contributed by atoms with Gasteiger partial charge in [0.25, 0.3) is 0 Å². The summed E-state index contributed by atoms with van der Waals surface area (Å²) < 4.78 is 4.84. The Labute approximate surface area is 111 Å². The summed E-state index contributed by atoms with van der Waals surface area (Å²) in [6, 6.07) is 9.51. The van der Waals surface area contributed by atoms with E-state index >= 15 is 0 Å². The normalized spacial score (nSPS) is 11.2. The Balaban J connectivity index is 1.85. The van der Waals surface area contributed by atoms with E-state index < -0.39 is 5.97 Å². The average molecular weight is 255 g/mol. The Morgan fingerprint density at radius 2 is 2.00 bits per heavy atom. The van der Waals surface area contributed by atoms with Gasteiger partial charge in [-0.3, -0.25) is 0 Å². The molecule has 1 heterocycles. The number of hydrogen-bond acceptors (Lipinski definition) is 4. The van der Waals surface area contributed by atoms with Gasteiger partial charge in [-0.1, -0.05) is 35.0 Å². The molecule has 0 amide bonds. The SMILES string of the molecule is Cc1ccc(/C=C/C(=O)O/N=C/c2ccoc2)cc1. The first-order chi connectivity index (χ1) is 9.24. The molecule has 4 nitrogen and oxygen atoms in total. The second kappa shape index (κ2) is 6.35. The Morgan fingerprint density at radius 3 is 2.68 bits per heavy atom. The summed E-state index contributed by atoms with van der Waals surface area (Å²) in [5.41, 5.74) is 2.83. The van der Waals surface area contributed by atoms with E-state index in [2.05, 4.69) is 9.99 Å². The van der Waals surface area contributed by atoms with Gasteiger partial charge in [-0.05, 0) is 24.6 Å². The van der Waals surface area contributed by atoms with Crippen molar-refractivity contribution in [1.29, 1.82) is 0 Å². The third kappa shape index (κ3) is 4.27. The summed E-state index contributed by atoms with van der Waals surface area (Å²) in [5, 5.41) is 3.55. The fourth-order valence-electron chi connectivity index (χ4n) is 1.36. The van der Waals surface area contributed by atoms with E-state index in [9.17, 15) is 4.79 Å². The van der Waals surface area contributed by atoms with Crippen LogP contribution in [0.5, 0.6) is 0 Å². The van der Waals surface area contributed by atoms with E-state index in [1.54, 1.807) is 12.1 Å². The van der Waals surface area contributed by atoms with E-state index in [4.69, 9.17) is 4.42 Å². The van der Waals surface area contributed by atoms with Crippen LogP contribution in [-0.2, 0) is 9.63 Å². The number of oxime groups is 1. The third-order valence-electron chi connectivity index (χ3n) is 2.38. The van der Waals surface area contributed by atoms with Crippen LogP contribution in [-0.4, -0.2) is 12.2 Å². The molecule has 1 aromatic heterocycles. The maximum Gasteiger partial charge on any atom is 0.358 e. The number of aryl methyl sites for hydroxylation is 1. The van der Waals surface area contributed by atoms with Crippen LogP contribution in [0.1, 0.15) is 16.7 Å². The molecular weight excluding hydrogens is 242 g/mol. The van der Waals surface area contributed by atoms with Crippen LogP contribution >= 0.6 is 0 Å². The van der Waals surface area contributed by atoms with Gasteiger partial charge >= 0.3 is 5.97 Å². The van der Waals surface area contributed by atoms with Crippen molar-refractivity contribution >= 4 is 18.3 Å². The fourth-order valence-corrected chi connectivity index (χ4v) is 1.36. The number of rotatable bonds is 4. The highest BCUT2D eigenvalue weighted by molar-refractivity contribution is 5.87. The van der Waals surface area contributed by atoms with E-state index in [-0.39, 0.29) is 0 Å². The van der Waals surface area contributed by atoms with Crippen LogP contribution in [0, 0.1) is 6.92 Å². The molecule has 0 fully saturated rings. The number of hydrogen-bond donors (Lipinski definition) is 0. The zero-order chi connectivity index (χ0) is 13.5. The van der Waals surface area contributed by atoms with E-state index in [1.165, 1.54) is 30.4 Å². The molecule has 0 saturated heterocycles. The van der Waals surface area contributed by atoms with Crippen LogP contribution in [0.15, 0.2) is 58.5 Å². The van der Waals surface area contributed by atoms with Crippen LogP contribution in [0.2, 0.25) is 0 Å². The molecule has 0 N–H and O–H groups in total. The van der Waals surface area contributed by atoms with Crippen molar-refractivity contribution in [3.8, 4) is 0 Å². The maximum atomic E-state index is 11.4. The monoisotopic (exact) mass is 255 g/mol. The van der Waals surface area contributed by atoms with Crippen molar-refractivity contribution in [2.45, 2.75) is 6.92 Å². The molecule has 0 aliphatic heterocycles. The summed E-state index contributed by atoms with van der Waals surface area (Å²) in [7, 11) is 0. The predicted octanol–water partition coefficient (Wildman–Crippen LogP) is 3.18. The zero-order valence-electron chi connectivity index (χ0n) is 10.4. The molecule has 0 atom stereocenters. The van der Waals surface area contributed by atoms with E-state index in [0.29, 0.717) is 0 Å². The summed E-state index contributed by atoms with van der Waals surface area (Å²) >= 11 is 0. The molecule has 0 aliphatic rings. The molecule has 4 heteroatoms. The molecule has 0 bridgehead atoms. The second-order valence-electron chi connectivity index (χ2n) is 3.95. The number of carbonyl (C=O) groups is 1. The van der Waals surface area contributed by atoms with Gasteiger partial charge in [0.15, 0.2) is 0 Å². The fraction of sp³-hybridized carbons (Fsp3) is 0.0667. The molecule has 0 radical (unpaired) electrons.